The van der Waals surface area contributed by atoms with Gasteiger partial charge in [0, 0.05) is 11.5 Å². The minimum absolute atomic E-state index is 0.538. The smallest absolute Gasteiger partial charge is 0.217 e. The van der Waals surface area contributed by atoms with E-state index >= 15 is 0 Å². The SMILES string of the molecule is N#Cc1ccc(CN2C=NCN2c2cc3ccccc3o2)cc1. The Bertz CT molecular complexity index is 872. The molecule has 0 radical (unpaired) electrons. The maximum atomic E-state index is 8.87. The van der Waals surface area contributed by atoms with Crippen molar-refractivity contribution in [1.82, 2.24) is 5.01 Å². The summed E-state index contributed by atoms with van der Waals surface area (Å²) in [5, 5.41) is 14.0. The quantitative estimate of drug-likeness (QED) is 0.742. The summed E-state index contributed by atoms with van der Waals surface area (Å²) in [6.07, 6.45) is 1.81. The van der Waals surface area contributed by atoms with E-state index in [2.05, 4.69) is 11.1 Å². The lowest BCUT2D eigenvalue weighted by atomic mass is 10.1. The Morgan fingerprint density at radius 2 is 1.96 bits per heavy atom. The van der Waals surface area contributed by atoms with Gasteiger partial charge in [-0.25, -0.2) is 5.01 Å². The predicted molar refractivity (Wildman–Crippen MR) is 88.8 cm³/mol. The number of fused-ring (bicyclic) bond motifs is 1. The first kappa shape index (κ1) is 13.4. The topological polar surface area (TPSA) is 55.8 Å². The molecule has 2 aromatic carbocycles. The molecule has 1 aromatic heterocycles. The lowest BCUT2D eigenvalue weighted by Crippen LogP contribution is -2.36. The highest BCUT2D eigenvalue weighted by molar-refractivity contribution is 5.81. The van der Waals surface area contributed by atoms with Crippen LogP contribution in [-0.4, -0.2) is 18.0 Å². The average Bonchev–Trinajstić information content (AvgIpc) is 3.21. The first-order valence-corrected chi connectivity index (χ1v) is 7.35. The Labute approximate surface area is 133 Å². The third-order valence-corrected chi connectivity index (χ3v) is 3.84. The number of furan rings is 1. The first-order chi connectivity index (χ1) is 11.3. The fourth-order valence-electron chi connectivity index (χ4n) is 2.64. The summed E-state index contributed by atoms with van der Waals surface area (Å²) in [5.41, 5.74) is 2.64. The summed E-state index contributed by atoms with van der Waals surface area (Å²) in [4.78, 5) is 4.34. The second-order valence-electron chi connectivity index (χ2n) is 5.37. The molecule has 2 heterocycles. The van der Waals surface area contributed by atoms with E-state index in [0.717, 1.165) is 22.4 Å². The second kappa shape index (κ2) is 5.50. The molecular formula is C18H14N4O. The van der Waals surface area contributed by atoms with Crippen LogP contribution in [0.5, 0.6) is 0 Å². The summed E-state index contributed by atoms with van der Waals surface area (Å²) in [6, 6.07) is 19.7. The number of nitriles is 1. The number of rotatable bonds is 3. The van der Waals surface area contributed by atoms with Gasteiger partial charge >= 0.3 is 0 Å². The molecule has 1 aliphatic rings. The number of hydrogen-bond acceptors (Lipinski definition) is 5. The van der Waals surface area contributed by atoms with E-state index in [-0.39, 0.29) is 0 Å². The van der Waals surface area contributed by atoms with Crippen molar-refractivity contribution in [3.8, 4) is 6.07 Å². The fourth-order valence-corrected chi connectivity index (χ4v) is 2.64. The van der Waals surface area contributed by atoms with E-state index in [1.54, 1.807) is 0 Å². The van der Waals surface area contributed by atoms with Crippen molar-refractivity contribution >= 4 is 23.2 Å². The number of benzene rings is 2. The largest absolute Gasteiger partial charge is 0.439 e. The first-order valence-electron chi connectivity index (χ1n) is 7.35. The summed E-state index contributed by atoms with van der Waals surface area (Å²) >= 11 is 0. The molecule has 0 spiro atoms. The molecule has 0 saturated heterocycles. The molecular weight excluding hydrogens is 288 g/mol. The van der Waals surface area contributed by atoms with Crippen LogP contribution < -0.4 is 5.01 Å². The Balaban J connectivity index is 1.58. The van der Waals surface area contributed by atoms with Gasteiger partial charge in [-0.2, -0.15) is 5.26 Å². The van der Waals surface area contributed by atoms with Crippen molar-refractivity contribution in [2.45, 2.75) is 6.54 Å². The Morgan fingerprint density at radius 3 is 2.74 bits per heavy atom. The van der Waals surface area contributed by atoms with Crippen LogP contribution in [0, 0.1) is 11.3 Å². The van der Waals surface area contributed by atoms with Gasteiger partial charge in [0.2, 0.25) is 5.88 Å². The van der Waals surface area contributed by atoms with E-state index in [1.807, 2.05) is 71.0 Å². The minimum atomic E-state index is 0.538. The van der Waals surface area contributed by atoms with Gasteiger partial charge in [-0.05, 0) is 23.8 Å². The zero-order chi connectivity index (χ0) is 15.6. The number of nitrogens with zero attached hydrogens (tertiary/aromatic N) is 4. The standard InChI is InChI=1S/C18H14N4O/c19-10-14-5-7-15(8-6-14)11-21-12-20-13-22(21)18-9-16-3-1-2-4-17(16)23-18/h1-9,12H,11,13H2. The van der Waals surface area contributed by atoms with Crippen molar-refractivity contribution < 1.29 is 4.42 Å². The fraction of sp³-hybridized carbons (Fsp3) is 0.111. The number of hydrogen-bond donors (Lipinski definition) is 0. The van der Waals surface area contributed by atoms with Crippen molar-refractivity contribution in [3.05, 3.63) is 65.7 Å². The molecule has 0 bridgehead atoms. The lowest BCUT2D eigenvalue weighted by molar-refractivity contribution is 0.387. The van der Waals surface area contributed by atoms with Crippen LogP contribution in [-0.2, 0) is 6.54 Å². The highest BCUT2D eigenvalue weighted by Crippen LogP contribution is 2.28. The van der Waals surface area contributed by atoms with Gasteiger partial charge in [0.15, 0.2) is 0 Å². The second-order valence-corrected chi connectivity index (χ2v) is 5.37. The number of aliphatic imine (C=N–C) groups is 1. The van der Waals surface area contributed by atoms with Gasteiger partial charge in [-0.1, -0.05) is 30.3 Å². The molecule has 0 aliphatic carbocycles. The molecule has 3 aromatic rings. The molecule has 0 amide bonds. The monoisotopic (exact) mass is 302 g/mol. The van der Waals surface area contributed by atoms with Crippen molar-refractivity contribution in [2.24, 2.45) is 4.99 Å². The molecule has 0 saturated carbocycles. The van der Waals surface area contributed by atoms with Crippen LogP contribution in [0.4, 0.5) is 5.88 Å². The summed E-state index contributed by atoms with van der Waals surface area (Å²) in [5.74, 6) is 0.775. The normalized spacial score (nSPS) is 13.7. The number of para-hydroxylation sites is 1. The Hall–Kier alpha value is -3.26. The molecule has 4 rings (SSSR count). The summed E-state index contributed by atoms with van der Waals surface area (Å²) in [6.45, 7) is 1.21. The number of anilines is 1. The van der Waals surface area contributed by atoms with Crippen LogP contribution >= 0.6 is 0 Å². The zero-order valence-electron chi connectivity index (χ0n) is 12.4. The lowest BCUT2D eigenvalue weighted by Gasteiger charge is -2.26. The van der Waals surface area contributed by atoms with Crippen molar-refractivity contribution in [2.75, 3.05) is 11.7 Å². The van der Waals surface area contributed by atoms with Crippen LogP contribution in [0.2, 0.25) is 0 Å². The predicted octanol–water partition coefficient (Wildman–Crippen LogP) is 3.53. The van der Waals surface area contributed by atoms with Gasteiger partial charge in [-0.3, -0.25) is 10.0 Å². The zero-order valence-corrected chi connectivity index (χ0v) is 12.4. The molecule has 0 atom stereocenters. The Morgan fingerprint density at radius 1 is 1.13 bits per heavy atom. The van der Waals surface area contributed by atoms with Crippen LogP contribution in [0.25, 0.3) is 11.0 Å². The molecule has 5 heteroatoms. The third kappa shape index (κ3) is 2.51. The maximum absolute atomic E-state index is 8.87. The van der Waals surface area contributed by atoms with Gasteiger partial charge < -0.3 is 4.42 Å². The van der Waals surface area contributed by atoms with E-state index in [1.165, 1.54) is 0 Å². The Kier molecular flexibility index (Phi) is 3.21. The van der Waals surface area contributed by atoms with E-state index < -0.39 is 0 Å². The van der Waals surface area contributed by atoms with E-state index in [9.17, 15) is 0 Å². The molecule has 0 N–H and O–H groups in total. The maximum Gasteiger partial charge on any atom is 0.217 e. The van der Waals surface area contributed by atoms with Gasteiger partial charge in [0.05, 0.1) is 18.2 Å². The highest BCUT2D eigenvalue weighted by atomic mass is 16.4. The molecule has 1 aliphatic heterocycles. The van der Waals surface area contributed by atoms with Crippen LogP contribution in [0.1, 0.15) is 11.1 Å². The average molecular weight is 302 g/mol. The van der Waals surface area contributed by atoms with Crippen molar-refractivity contribution in [3.63, 3.8) is 0 Å². The number of hydrazine groups is 1. The van der Waals surface area contributed by atoms with Crippen LogP contribution in [0.3, 0.4) is 0 Å². The summed E-state index contributed by atoms with van der Waals surface area (Å²) in [7, 11) is 0. The molecule has 23 heavy (non-hydrogen) atoms. The van der Waals surface area contributed by atoms with E-state index in [4.69, 9.17) is 9.68 Å². The van der Waals surface area contributed by atoms with Crippen LogP contribution in [0.15, 0.2) is 64.0 Å². The minimum Gasteiger partial charge on any atom is -0.439 e. The third-order valence-electron chi connectivity index (χ3n) is 3.84. The van der Waals surface area contributed by atoms with E-state index in [0.29, 0.717) is 18.8 Å². The highest BCUT2D eigenvalue weighted by Gasteiger charge is 2.21. The van der Waals surface area contributed by atoms with Gasteiger partial charge in [0.25, 0.3) is 0 Å². The summed E-state index contributed by atoms with van der Waals surface area (Å²) < 4.78 is 5.92. The molecule has 0 unspecified atom stereocenters. The van der Waals surface area contributed by atoms with Gasteiger partial charge in [0.1, 0.15) is 18.6 Å². The molecule has 0 fully saturated rings. The molecule has 5 nitrogen and oxygen atoms in total. The van der Waals surface area contributed by atoms with Gasteiger partial charge in [-0.15, -0.1) is 0 Å². The van der Waals surface area contributed by atoms with Crippen molar-refractivity contribution in [1.29, 1.82) is 5.26 Å². The molecule has 112 valence electrons.